The Balaban J connectivity index is 1.79. The summed E-state index contributed by atoms with van der Waals surface area (Å²) in [6.45, 7) is 1.27. The molecule has 1 saturated heterocycles. The van der Waals surface area contributed by atoms with Crippen molar-refractivity contribution < 1.29 is 19.4 Å². The van der Waals surface area contributed by atoms with E-state index in [1.165, 1.54) is 4.90 Å². The SMILES string of the molecule is CN(CC1CCCO1)C(=O)NC(C(=O)O)C1CC1. The van der Waals surface area contributed by atoms with E-state index in [1.807, 2.05) is 0 Å². The molecule has 0 radical (unpaired) electrons. The van der Waals surface area contributed by atoms with Crippen LogP contribution in [-0.4, -0.2) is 54.4 Å². The highest BCUT2D eigenvalue weighted by Crippen LogP contribution is 2.32. The average Bonchev–Trinajstić information content (AvgIpc) is 3.03. The summed E-state index contributed by atoms with van der Waals surface area (Å²) in [5.74, 6) is -0.848. The van der Waals surface area contributed by atoms with Crippen molar-refractivity contribution in [3.8, 4) is 0 Å². The van der Waals surface area contributed by atoms with Crippen LogP contribution in [0.3, 0.4) is 0 Å². The molecule has 2 rings (SSSR count). The van der Waals surface area contributed by atoms with E-state index in [-0.39, 0.29) is 18.1 Å². The topological polar surface area (TPSA) is 78.9 Å². The lowest BCUT2D eigenvalue weighted by molar-refractivity contribution is -0.139. The maximum absolute atomic E-state index is 11.9. The predicted octanol–water partition coefficient (Wildman–Crippen LogP) is 0.670. The number of hydrogen-bond donors (Lipinski definition) is 2. The molecule has 18 heavy (non-hydrogen) atoms. The third-order valence-electron chi connectivity index (χ3n) is 3.49. The van der Waals surface area contributed by atoms with Gasteiger partial charge in [0.15, 0.2) is 0 Å². The molecule has 102 valence electrons. The Morgan fingerprint density at radius 2 is 2.17 bits per heavy atom. The Bertz CT molecular complexity index is 324. The molecule has 6 nitrogen and oxygen atoms in total. The summed E-state index contributed by atoms with van der Waals surface area (Å²) < 4.78 is 5.45. The third-order valence-corrected chi connectivity index (χ3v) is 3.49. The Morgan fingerprint density at radius 1 is 1.44 bits per heavy atom. The van der Waals surface area contributed by atoms with Crippen molar-refractivity contribution in [1.82, 2.24) is 10.2 Å². The number of aliphatic carboxylic acids is 1. The second kappa shape index (κ2) is 5.56. The largest absolute Gasteiger partial charge is 0.480 e. The minimum absolute atomic E-state index is 0.0879. The fourth-order valence-electron chi connectivity index (χ4n) is 2.23. The number of rotatable bonds is 5. The van der Waals surface area contributed by atoms with Gasteiger partial charge in [0.1, 0.15) is 6.04 Å². The number of carbonyl (C=O) groups is 2. The summed E-state index contributed by atoms with van der Waals surface area (Å²) in [6, 6.07) is -1.07. The van der Waals surface area contributed by atoms with Gasteiger partial charge in [0.25, 0.3) is 0 Å². The van der Waals surface area contributed by atoms with Crippen LogP contribution in [0.5, 0.6) is 0 Å². The average molecular weight is 256 g/mol. The molecule has 0 bridgehead atoms. The van der Waals surface area contributed by atoms with Gasteiger partial charge in [0, 0.05) is 20.2 Å². The first kappa shape index (κ1) is 13.1. The number of carboxylic acids is 1. The minimum atomic E-state index is -0.948. The van der Waals surface area contributed by atoms with Gasteiger partial charge in [-0.1, -0.05) is 0 Å². The number of carboxylic acid groups (broad SMARTS) is 1. The number of carbonyl (C=O) groups excluding carboxylic acids is 1. The molecule has 0 aromatic rings. The maximum Gasteiger partial charge on any atom is 0.326 e. The molecule has 2 fully saturated rings. The summed E-state index contributed by atoms with van der Waals surface area (Å²) in [5, 5.41) is 11.6. The van der Waals surface area contributed by atoms with Gasteiger partial charge >= 0.3 is 12.0 Å². The number of ether oxygens (including phenoxy) is 1. The Morgan fingerprint density at radius 3 is 2.67 bits per heavy atom. The quantitative estimate of drug-likeness (QED) is 0.757. The van der Waals surface area contributed by atoms with Gasteiger partial charge in [-0.2, -0.15) is 0 Å². The lowest BCUT2D eigenvalue weighted by Crippen LogP contribution is -2.49. The molecule has 1 aliphatic heterocycles. The summed E-state index contributed by atoms with van der Waals surface area (Å²) in [5.41, 5.74) is 0. The minimum Gasteiger partial charge on any atom is -0.480 e. The van der Waals surface area contributed by atoms with E-state index in [9.17, 15) is 9.59 Å². The first-order valence-corrected chi connectivity index (χ1v) is 6.44. The fourth-order valence-corrected chi connectivity index (χ4v) is 2.23. The van der Waals surface area contributed by atoms with Crippen molar-refractivity contribution in [2.75, 3.05) is 20.2 Å². The number of amides is 2. The monoisotopic (exact) mass is 256 g/mol. The van der Waals surface area contributed by atoms with Crippen molar-refractivity contribution >= 4 is 12.0 Å². The Labute approximate surface area is 106 Å². The van der Waals surface area contributed by atoms with Gasteiger partial charge < -0.3 is 20.1 Å². The van der Waals surface area contributed by atoms with Crippen LogP contribution in [0.15, 0.2) is 0 Å². The smallest absolute Gasteiger partial charge is 0.326 e. The van der Waals surface area contributed by atoms with E-state index in [4.69, 9.17) is 9.84 Å². The molecular weight excluding hydrogens is 236 g/mol. The van der Waals surface area contributed by atoms with Crippen LogP contribution < -0.4 is 5.32 Å². The van der Waals surface area contributed by atoms with Crippen LogP contribution in [0.2, 0.25) is 0 Å². The highest BCUT2D eigenvalue weighted by atomic mass is 16.5. The van der Waals surface area contributed by atoms with Crippen molar-refractivity contribution in [3.63, 3.8) is 0 Å². The lowest BCUT2D eigenvalue weighted by atomic mass is 10.2. The molecule has 0 spiro atoms. The zero-order valence-corrected chi connectivity index (χ0v) is 10.6. The first-order valence-electron chi connectivity index (χ1n) is 6.44. The van der Waals surface area contributed by atoms with E-state index >= 15 is 0 Å². The van der Waals surface area contributed by atoms with Gasteiger partial charge in [-0.3, -0.25) is 0 Å². The molecule has 2 unspecified atom stereocenters. The van der Waals surface area contributed by atoms with Gasteiger partial charge in [0.2, 0.25) is 0 Å². The van der Waals surface area contributed by atoms with Crippen LogP contribution in [0.25, 0.3) is 0 Å². The van der Waals surface area contributed by atoms with Crippen LogP contribution in [0.4, 0.5) is 4.79 Å². The van der Waals surface area contributed by atoms with Crippen LogP contribution in [-0.2, 0) is 9.53 Å². The number of nitrogens with zero attached hydrogens (tertiary/aromatic N) is 1. The van der Waals surface area contributed by atoms with E-state index in [0.29, 0.717) is 6.54 Å². The molecule has 1 aliphatic carbocycles. The molecule has 0 aromatic carbocycles. The highest BCUT2D eigenvalue weighted by molar-refractivity contribution is 5.83. The van der Waals surface area contributed by atoms with Gasteiger partial charge in [-0.15, -0.1) is 0 Å². The molecule has 2 amide bonds. The Kier molecular flexibility index (Phi) is 4.06. The standard InChI is InChI=1S/C12H20N2O4/c1-14(7-9-3-2-6-18-9)12(17)13-10(11(15)16)8-4-5-8/h8-10H,2-7H2,1H3,(H,13,17)(H,15,16). The summed E-state index contributed by atoms with van der Waals surface area (Å²) in [4.78, 5) is 24.4. The van der Waals surface area contributed by atoms with Crippen molar-refractivity contribution in [1.29, 1.82) is 0 Å². The van der Waals surface area contributed by atoms with E-state index in [0.717, 1.165) is 32.3 Å². The molecule has 2 N–H and O–H groups in total. The molecule has 2 aliphatic rings. The highest BCUT2D eigenvalue weighted by Gasteiger charge is 2.37. The van der Waals surface area contributed by atoms with Crippen LogP contribution >= 0.6 is 0 Å². The van der Waals surface area contributed by atoms with Crippen LogP contribution in [0, 0.1) is 5.92 Å². The maximum atomic E-state index is 11.9. The lowest BCUT2D eigenvalue weighted by Gasteiger charge is -2.23. The van der Waals surface area contributed by atoms with Crippen molar-refractivity contribution in [2.24, 2.45) is 5.92 Å². The van der Waals surface area contributed by atoms with Crippen LogP contribution in [0.1, 0.15) is 25.7 Å². The Hall–Kier alpha value is -1.30. The molecule has 1 heterocycles. The third kappa shape index (κ3) is 3.35. The zero-order chi connectivity index (χ0) is 13.1. The second-order valence-electron chi connectivity index (χ2n) is 5.12. The predicted molar refractivity (Wildman–Crippen MR) is 64.3 cm³/mol. The normalized spacial score (nSPS) is 24.6. The van der Waals surface area contributed by atoms with Gasteiger partial charge in [-0.25, -0.2) is 9.59 Å². The zero-order valence-electron chi connectivity index (χ0n) is 10.6. The molecular formula is C12H20N2O4. The summed E-state index contributed by atoms with van der Waals surface area (Å²) in [7, 11) is 1.67. The van der Waals surface area contributed by atoms with Gasteiger partial charge in [0.05, 0.1) is 6.10 Å². The van der Waals surface area contributed by atoms with E-state index in [1.54, 1.807) is 7.05 Å². The molecule has 1 saturated carbocycles. The summed E-state index contributed by atoms with van der Waals surface area (Å²) >= 11 is 0. The van der Waals surface area contributed by atoms with Crippen molar-refractivity contribution in [2.45, 2.75) is 37.8 Å². The molecule has 0 aromatic heterocycles. The number of hydrogen-bond acceptors (Lipinski definition) is 3. The fraction of sp³-hybridized carbons (Fsp3) is 0.833. The van der Waals surface area contributed by atoms with E-state index in [2.05, 4.69) is 5.32 Å². The first-order chi connectivity index (χ1) is 8.58. The molecule has 2 atom stereocenters. The number of urea groups is 1. The van der Waals surface area contributed by atoms with Gasteiger partial charge in [-0.05, 0) is 31.6 Å². The van der Waals surface area contributed by atoms with E-state index < -0.39 is 12.0 Å². The number of likely N-dealkylation sites (N-methyl/N-ethyl adjacent to an activating group) is 1. The second-order valence-corrected chi connectivity index (χ2v) is 5.12. The number of nitrogens with one attached hydrogen (secondary N) is 1. The molecule has 6 heteroatoms. The van der Waals surface area contributed by atoms with Crippen molar-refractivity contribution in [3.05, 3.63) is 0 Å². The summed E-state index contributed by atoms with van der Waals surface area (Å²) in [6.07, 6.45) is 3.84.